The van der Waals surface area contributed by atoms with Gasteiger partial charge >= 0.3 is 0 Å². The van der Waals surface area contributed by atoms with Gasteiger partial charge in [-0.2, -0.15) is 0 Å². The molecule has 0 unspecified atom stereocenters. The van der Waals surface area contributed by atoms with E-state index in [1.165, 1.54) is 0 Å². The molecule has 5 nitrogen and oxygen atoms in total. The van der Waals surface area contributed by atoms with E-state index < -0.39 is 31.6 Å². The van der Waals surface area contributed by atoms with Crippen LogP contribution in [0, 0.1) is 0 Å². The van der Waals surface area contributed by atoms with Crippen LogP contribution in [-0.2, 0) is 14.6 Å². The zero-order valence-corrected chi connectivity index (χ0v) is 10.6. The van der Waals surface area contributed by atoms with Crippen molar-refractivity contribution in [3.8, 4) is 0 Å². The monoisotopic (exact) mass is 295 g/mol. The number of amides is 1. The summed E-state index contributed by atoms with van der Waals surface area (Å²) >= 11 is 16.0. The fourth-order valence-electron chi connectivity index (χ4n) is 1.33. The van der Waals surface area contributed by atoms with Gasteiger partial charge in [-0.3, -0.25) is 4.79 Å². The van der Waals surface area contributed by atoms with Crippen LogP contribution in [0.15, 0.2) is 0 Å². The van der Waals surface area contributed by atoms with Crippen molar-refractivity contribution in [1.82, 2.24) is 5.32 Å². The molecule has 0 aromatic carbocycles. The highest BCUT2D eigenvalue weighted by Crippen LogP contribution is 2.26. The molecule has 88 valence electrons. The molecule has 0 radical (unpaired) electrons. The SMILES string of the molecule is [NH3+][C@H]1CS(=O)(=O)C[C@@H]1NC(=O)C(Cl)(Cl)Cl. The first-order chi connectivity index (χ1) is 6.62. The lowest BCUT2D eigenvalue weighted by Gasteiger charge is -2.16. The Morgan fingerprint density at radius 3 is 2.20 bits per heavy atom. The Labute approximate surface area is 102 Å². The first-order valence-electron chi connectivity index (χ1n) is 4.03. The summed E-state index contributed by atoms with van der Waals surface area (Å²) in [5.41, 5.74) is 3.63. The number of nitrogens with one attached hydrogen (secondary N) is 1. The van der Waals surface area contributed by atoms with Crippen molar-refractivity contribution in [2.45, 2.75) is 15.9 Å². The molecule has 4 N–H and O–H groups in total. The number of hydrogen-bond acceptors (Lipinski definition) is 3. The Morgan fingerprint density at radius 1 is 1.33 bits per heavy atom. The number of hydrogen-bond donors (Lipinski definition) is 2. The maximum Gasteiger partial charge on any atom is 0.272 e. The topological polar surface area (TPSA) is 90.9 Å². The molecule has 9 heteroatoms. The van der Waals surface area contributed by atoms with E-state index in [-0.39, 0.29) is 11.5 Å². The van der Waals surface area contributed by atoms with Crippen LogP contribution in [0.2, 0.25) is 0 Å². The van der Waals surface area contributed by atoms with E-state index in [0.29, 0.717) is 0 Å². The second-order valence-electron chi connectivity index (χ2n) is 3.41. The molecule has 0 aliphatic carbocycles. The van der Waals surface area contributed by atoms with E-state index in [1.807, 2.05) is 0 Å². The van der Waals surface area contributed by atoms with Crippen LogP contribution in [0.5, 0.6) is 0 Å². The van der Waals surface area contributed by atoms with Crippen LogP contribution in [0.4, 0.5) is 0 Å². The predicted molar refractivity (Wildman–Crippen MR) is 57.6 cm³/mol. The van der Waals surface area contributed by atoms with Crippen LogP contribution in [0.3, 0.4) is 0 Å². The smallest absolute Gasteiger partial charge is 0.272 e. The minimum atomic E-state index is -3.14. The molecule has 1 fully saturated rings. The van der Waals surface area contributed by atoms with Crippen LogP contribution >= 0.6 is 34.8 Å². The largest absolute Gasteiger partial charge is 0.353 e. The van der Waals surface area contributed by atoms with Gasteiger partial charge in [0, 0.05) is 0 Å². The summed E-state index contributed by atoms with van der Waals surface area (Å²) in [6.45, 7) is 0. The Kier molecular flexibility index (Phi) is 3.78. The molecule has 0 aromatic rings. The maximum absolute atomic E-state index is 11.2. The van der Waals surface area contributed by atoms with Crippen LogP contribution in [-0.4, -0.2) is 41.7 Å². The van der Waals surface area contributed by atoms with Gasteiger partial charge in [-0.1, -0.05) is 34.8 Å². The zero-order chi connectivity index (χ0) is 11.9. The normalized spacial score (nSPS) is 30.1. The van der Waals surface area contributed by atoms with Gasteiger partial charge in [0.15, 0.2) is 9.84 Å². The molecular formula is C6H10Cl3N2O3S+. The number of carbonyl (C=O) groups is 1. The van der Waals surface area contributed by atoms with Crippen molar-refractivity contribution in [2.24, 2.45) is 0 Å². The number of alkyl halides is 3. The summed E-state index contributed by atoms with van der Waals surface area (Å²) in [4.78, 5) is 11.2. The van der Waals surface area contributed by atoms with E-state index in [1.54, 1.807) is 0 Å². The summed E-state index contributed by atoms with van der Waals surface area (Å²) in [5, 5.41) is 2.35. The van der Waals surface area contributed by atoms with Gasteiger partial charge in [-0.25, -0.2) is 8.42 Å². The molecule has 1 aliphatic rings. The standard InChI is InChI=1S/C6H9Cl3N2O3S/c7-6(8,9)5(12)11-4-2-15(13,14)1-3(4)10/h3-4H,1-2,10H2,(H,11,12)/p+1/t3-,4-/m0/s1. The van der Waals surface area contributed by atoms with Crippen LogP contribution < -0.4 is 11.1 Å². The number of carbonyl (C=O) groups excluding carboxylic acids is 1. The molecule has 1 heterocycles. The molecule has 0 bridgehead atoms. The number of quaternary nitrogens is 1. The summed E-state index contributed by atoms with van der Waals surface area (Å²) in [6.07, 6.45) is 0. The minimum absolute atomic E-state index is 0.0577. The average molecular weight is 297 g/mol. The van der Waals surface area contributed by atoms with E-state index >= 15 is 0 Å². The Morgan fingerprint density at radius 2 is 1.87 bits per heavy atom. The summed E-state index contributed by atoms with van der Waals surface area (Å²) in [5.74, 6) is -1.05. The van der Waals surface area contributed by atoms with E-state index in [0.717, 1.165) is 0 Å². The van der Waals surface area contributed by atoms with E-state index in [9.17, 15) is 13.2 Å². The van der Waals surface area contributed by atoms with Crippen molar-refractivity contribution in [3.63, 3.8) is 0 Å². The van der Waals surface area contributed by atoms with Gasteiger partial charge in [0.1, 0.15) is 11.8 Å². The van der Waals surface area contributed by atoms with Gasteiger partial charge in [0.25, 0.3) is 9.70 Å². The average Bonchev–Trinajstić information content (AvgIpc) is 2.22. The fraction of sp³-hybridized carbons (Fsp3) is 0.833. The zero-order valence-electron chi connectivity index (χ0n) is 7.54. The second-order valence-corrected chi connectivity index (χ2v) is 7.85. The molecule has 0 aromatic heterocycles. The van der Waals surface area contributed by atoms with Gasteiger partial charge in [-0.05, 0) is 0 Å². The predicted octanol–water partition coefficient (Wildman–Crippen LogP) is -1.12. The third-order valence-corrected chi connectivity index (χ3v) is 4.36. The van der Waals surface area contributed by atoms with Crippen molar-refractivity contribution in [3.05, 3.63) is 0 Å². The van der Waals surface area contributed by atoms with E-state index in [4.69, 9.17) is 34.8 Å². The molecule has 1 rings (SSSR count). The molecule has 0 saturated carbocycles. The van der Waals surface area contributed by atoms with E-state index in [2.05, 4.69) is 11.1 Å². The molecule has 1 amide bonds. The lowest BCUT2D eigenvalue weighted by atomic mass is 10.2. The quantitative estimate of drug-likeness (QED) is 0.601. The number of sulfone groups is 1. The van der Waals surface area contributed by atoms with Crippen molar-refractivity contribution in [1.29, 1.82) is 0 Å². The third kappa shape index (κ3) is 3.64. The molecule has 1 saturated heterocycles. The van der Waals surface area contributed by atoms with Gasteiger partial charge in [-0.15, -0.1) is 0 Å². The van der Waals surface area contributed by atoms with Gasteiger partial charge in [0.05, 0.1) is 11.8 Å². The molecular weight excluding hydrogens is 287 g/mol. The molecule has 2 atom stereocenters. The van der Waals surface area contributed by atoms with Crippen molar-refractivity contribution < 1.29 is 18.9 Å². The van der Waals surface area contributed by atoms with Crippen molar-refractivity contribution >= 4 is 50.5 Å². The fourth-order valence-corrected chi connectivity index (χ4v) is 3.42. The first kappa shape index (κ1) is 13.3. The molecule has 0 spiro atoms. The lowest BCUT2D eigenvalue weighted by Crippen LogP contribution is -2.69. The van der Waals surface area contributed by atoms with Crippen LogP contribution in [0.1, 0.15) is 0 Å². The van der Waals surface area contributed by atoms with Crippen molar-refractivity contribution in [2.75, 3.05) is 11.5 Å². The highest BCUT2D eigenvalue weighted by molar-refractivity contribution is 7.91. The lowest BCUT2D eigenvalue weighted by molar-refractivity contribution is -0.415. The Balaban J connectivity index is 2.66. The Hall–Kier alpha value is 0.250. The first-order valence-corrected chi connectivity index (χ1v) is 6.98. The molecule has 1 aliphatic heterocycles. The highest BCUT2D eigenvalue weighted by atomic mass is 35.6. The summed E-state index contributed by atoms with van der Waals surface area (Å²) in [6, 6.07) is -0.996. The van der Waals surface area contributed by atoms with Gasteiger partial charge in [0.2, 0.25) is 0 Å². The van der Waals surface area contributed by atoms with Crippen LogP contribution in [0.25, 0.3) is 0 Å². The molecule has 15 heavy (non-hydrogen) atoms. The third-order valence-electron chi connectivity index (χ3n) is 2.04. The highest BCUT2D eigenvalue weighted by Gasteiger charge is 2.42. The second kappa shape index (κ2) is 4.25. The summed E-state index contributed by atoms with van der Waals surface area (Å²) < 4.78 is 20.3. The van der Waals surface area contributed by atoms with Gasteiger partial charge < -0.3 is 11.1 Å². The maximum atomic E-state index is 11.2. The number of halogens is 3. The number of rotatable bonds is 1. The summed E-state index contributed by atoms with van der Waals surface area (Å²) in [7, 11) is -3.14. The Bertz CT molecular complexity index is 364. The minimum Gasteiger partial charge on any atom is -0.353 e.